The Kier molecular flexibility index (Phi) is 4.95. The normalized spacial score (nSPS) is 16.1. The number of benzene rings is 2. The molecule has 1 atom stereocenters. The number of carbonyl (C=O) groups excluding carboxylic acids is 1. The predicted molar refractivity (Wildman–Crippen MR) is 110 cm³/mol. The van der Waals surface area contributed by atoms with Crippen molar-refractivity contribution in [2.24, 2.45) is 0 Å². The highest BCUT2D eigenvalue weighted by atomic mass is 35.5. The Morgan fingerprint density at radius 1 is 1.19 bits per heavy atom. The molecule has 1 saturated heterocycles. The summed E-state index contributed by atoms with van der Waals surface area (Å²) in [5.41, 5.74) is 1.58. The number of hydrogen-bond donors (Lipinski definition) is 0. The van der Waals surface area contributed by atoms with Gasteiger partial charge in [-0.1, -0.05) is 52.3 Å². The molecule has 0 spiro atoms. The molecule has 1 unspecified atom stereocenters. The third-order valence-electron chi connectivity index (χ3n) is 5.17. The molecule has 2 aromatic carbocycles. The Bertz CT molecular complexity index is 1240. The van der Waals surface area contributed by atoms with Gasteiger partial charge in [0.15, 0.2) is 5.69 Å². The second kappa shape index (κ2) is 7.92. The summed E-state index contributed by atoms with van der Waals surface area (Å²) in [5, 5.41) is 12.4. The van der Waals surface area contributed by atoms with Crippen molar-refractivity contribution in [3.63, 3.8) is 0 Å². The van der Waals surface area contributed by atoms with Crippen molar-refractivity contribution in [1.29, 1.82) is 0 Å². The first kappa shape index (κ1) is 19.4. The first-order chi connectivity index (χ1) is 15.1. The highest BCUT2D eigenvalue weighted by molar-refractivity contribution is 6.33. The number of rotatable bonds is 4. The van der Waals surface area contributed by atoms with Crippen LogP contribution in [0, 0.1) is 5.82 Å². The van der Waals surface area contributed by atoms with Crippen molar-refractivity contribution in [1.82, 2.24) is 30.0 Å². The third kappa shape index (κ3) is 3.79. The topological polar surface area (TPSA) is 89.9 Å². The zero-order valence-corrected chi connectivity index (χ0v) is 16.9. The fourth-order valence-corrected chi connectivity index (χ4v) is 3.81. The van der Waals surface area contributed by atoms with Crippen molar-refractivity contribution < 1.29 is 13.7 Å². The molecule has 3 heterocycles. The van der Waals surface area contributed by atoms with E-state index < -0.39 is 5.82 Å². The number of carbonyl (C=O) groups is 1. The van der Waals surface area contributed by atoms with Crippen LogP contribution in [0.1, 0.15) is 22.8 Å². The number of aromatic nitrogens is 5. The SMILES string of the molecule is O=C(c1ccc(F)cc1Cl)N1CCC(n2cc(-c3nc(-c4ccccc4)no3)nn2)C1. The lowest BCUT2D eigenvalue weighted by Gasteiger charge is -2.17. The van der Waals surface area contributed by atoms with Gasteiger partial charge in [-0.2, -0.15) is 4.98 Å². The van der Waals surface area contributed by atoms with E-state index in [9.17, 15) is 9.18 Å². The van der Waals surface area contributed by atoms with Crippen LogP contribution in [0.25, 0.3) is 23.0 Å². The highest BCUT2D eigenvalue weighted by Gasteiger charge is 2.30. The Balaban J connectivity index is 1.30. The molecule has 1 aliphatic rings. The lowest BCUT2D eigenvalue weighted by Crippen LogP contribution is -2.29. The van der Waals surface area contributed by atoms with Gasteiger partial charge >= 0.3 is 0 Å². The number of hydrogen-bond acceptors (Lipinski definition) is 6. The number of likely N-dealkylation sites (tertiary alicyclic amines) is 1. The molecule has 1 fully saturated rings. The lowest BCUT2D eigenvalue weighted by molar-refractivity contribution is 0.0787. The van der Waals surface area contributed by atoms with Crippen molar-refractivity contribution in [2.75, 3.05) is 13.1 Å². The van der Waals surface area contributed by atoms with E-state index in [0.29, 0.717) is 31.0 Å². The fourth-order valence-electron chi connectivity index (χ4n) is 3.56. The molecule has 1 aliphatic heterocycles. The van der Waals surface area contributed by atoms with Gasteiger partial charge in [-0.15, -0.1) is 5.10 Å². The van der Waals surface area contributed by atoms with Crippen LogP contribution in [-0.4, -0.2) is 49.0 Å². The van der Waals surface area contributed by atoms with Gasteiger partial charge in [0.25, 0.3) is 11.8 Å². The van der Waals surface area contributed by atoms with Crippen LogP contribution in [0.5, 0.6) is 0 Å². The van der Waals surface area contributed by atoms with Crippen molar-refractivity contribution in [3.8, 4) is 23.0 Å². The van der Waals surface area contributed by atoms with Gasteiger partial charge in [0.1, 0.15) is 5.82 Å². The Hall–Kier alpha value is -3.59. The summed E-state index contributed by atoms with van der Waals surface area (Å²) in [6, 6.07) is 13.2. The molecule has 156 valence electrons. The van der Waals surface area contributed by atoms with Gasteiger partial charge < -0.3 is 9.42 Å². The Labute approximate surface area is 181 Å². The Morgan fingerprint density at radius 3 is 2.84 bits per heavy atom. The summed E-state index contributed by atoms with van der Waals surface area (Å²) in [6.45, 7) is 0.972. The van der Waals surface area contributed by atoms with Gasteiger partial charge in [-0.05, 0) is 24.6 Å². The molecule has 2 aromatic heterocycles. The molecule has 0 radical (unpaired) electrons. The minimum absolute atomic E-state index is 0.0547. The molecule has 4 aromatic rings. The maximum absolute atomic E-state index is 13.3. The van der Waals surface area contributed by atoms with Crippen LogP contribution in [0.2, 0.25) is 5.02 Å². The molecule has 0 N–H and O–H groups in total. The largest absolute Gasteiger partial charge is 0.336 e. The van der Waals surface area contributed by atoms with Crippen LogP contribution in [-0.2, 0) is 0 Å². The van der Waals surface area contributed by atoms with Gasteiger partial charge in [-0.3, -0.25) is 4.79 Å². The average Bonchev–Trinajstić information content (AvgIpc) is 3.54. The van der Waals surface area contributed by atoms with Crippen LogP contribution >= 0.6 is 11.6 Å². The predicted octanol–water partition coefficient (Wildman–Crippen LogP) is 3.87. The molecule has 31 heavy (non-hydrogen) atoms. The maximum Gasteiger partial charge on any atom is 0.280 e. The lowest BCUT2D eigenvalue weighted by atomic mass is 10.2. The first-order valence-electron chi connectivity index (χ1n) is 9.64. The van der Waals surface area contributed by atoms with Gasteiger partial charge in [0.2, 0.25) is 5.82 Å². The second-order valence-corrected chi connectivity index (χ2v) is 7.60. The summed E-state index contributed by atoms with van der Waals surface area (Å²) in [4.78, 5) is 18.8. The van der Waals surface area contributed by atoms with Crippen molar-refractivity contribution in [2.45, 2.75) is 12.5 Å². The van der Waals surface area contributed by atoms with Gasteiger partial charge in [-0.25, -0.2) is 9.07 Å². The van der Waals surface area contributed by atoms with E-state index >= 15 is 0 Å². The van der Waals surface area contributed by atoms with Crippen molar-refractivity contribution in [3.05, 3.63) is 71.1 Å². The molecular weight excluding hydrogens is 423 g/mol. The number of nitrogens with zero attached hydrogens (tertiary/aromatic N) is 6. The minimum Gasteiger partial charge on any atom is -0.336 e. The van der Waals surface area contributed by atoms with Crippen LogP contribution < -0.4 is 0 Å². The summed E-state index contributed by atoms with van der Waals surface area (Å²) >= 11 is 6.04. The molecular formula is C21H16ClFN6O2. The quantitative estimate of drug-likeness (QED) is 0.480. The van der Waals surface area contributed by atoms with E-state index in [0.717, 1.165) is 11.6 Å². The van der Waals surface area contributed by atoms with Crippen LogP contribution in [0.4, 0.5) is 4.39 Å². The highest BCUT2D eigenvalue weighted by Crippen LogP contribution is 2.27. The molecule has 10 heteroatoms. The van der Waals surface area contributed by atoms with E-state index in [1.54, 1.807) is 15.8 Å². The maximum atomic E-state index is 13.3. The molecule has 1 amide bonds. The fraction of sp³-hybridized carbons (Fsp3) is 0.190. The van der Waals surface area contributed by atoms with Crippen molar-refractivity contribution >= 4 is 17.5 Å². The number of halogens is 2. The van der Waals surface area contributed by atoms with E-state index in [1.165, 1.54) is 12.1 Å². The smallest absolute Gasteiger partial charge is 0.280 e. The average molecular weight is 439 g/mol. The Morgan fingerprint density at radius 2 is 2.03 bits per heavy atom. The van der Waals surface area contributed by atoms with Gasteiger partial charge in [0, 0.05) is 18.7 Å². The zero-order chi connectivity index (χ0) is 21.4. The monoisotopic (exact) mass is 438 g/mol. The molecule has 0 bridgehead atoms. The summed E-state index contributed by atoms with van der Waals surface area (Å²) in [6.07, 6.45) is 2.43. The van der Waals surface area contributed by atoms with Crippen LogP contribution in [0.15, 0.2) is 59.3 Å². The molecule has 0 saturated carbocycles. The third-order valence-corrected chi connectivity index (χ3v) is 5.49. The zero-order valence-electron chi connectivity index (χ0n) is 16.2. The molecule has 0 aliphatic carbocycles. The first-order valence-corrected chi connectivity index (χ1v) is 10.0. The van der Waals surface area contributed by atoms with E-state index in [1.807, 2.05) is 30.3 Å². The van der Waals surface area contributed by atoms with Crippen LogP contribution in [0.3, 0.4) is 0 Å². The summed E-state index contributed by atoms with van der Waals surface area (Å²) in [5.74, 6) is 0.0257. The molecule has 8 nitrogen and oxygen atoms in total. The van der Waals surface area contributed by atoms with E-state index in [-0.39, 0.29) is 28.4 Å². The molecule has 5 rings (SSSR count). The second-order valence-electron chi connectivity index (χ2n) is 7.19. The summed E-state index contributed by atoms with van der Waals surface area (Å²) in [7, 11) is 0. The number of amides is 1. The van der Waals surface area contributed by atoms with E-state index in [4.69, 9.17) is 16.1 Å². The summed E-state index contributed by atoms with van der Waals surface area (Å²) < 4.78 is 20.3. The minimum atomic E-state index is -0.479. The van der Waals surface area contributed by atoms with Gasteiger partial charge in [0.05, 0.1) is 22.8 Å². The van der Waals surface area contributed by atoms with E-state index in [2.05, 4.69) is 20.5 Å². The standard InChI is InChI=1S/C21H16ClFN6O2/c22-17-10-14(23)6-7-16(17)21(30)28-9-8-15(11-28)29-12-18(25-27-29)20-24-19(26-31-20)13-4-2-1-3-5-13/h1-7,10,12,15H,8-9,11H2.